The highest BCUT2D eigenvalue weighted by Gasteiger charge is 2.28. The second-order valence-corrected chi connectivity index (χ2v) is 11.2. The van der Waals surface area contributed by atoms with Crippen molar-refractivity contribution < 1.29 is 17.3 Å². The fourth-order valence-electron chi connectivity index (χ4n) is 4.09. The Morgan fingerprint density at radius 1 is 1.16 bits per heavy atom. The zero-order chi connectivity index (χ0) is 21.8. The van der Waals surface area contributed by atoms with Crippen molar-refractivity contribution in [2.45, 2.75) is 58.1 Å². The van der Waals surface area contributed by atoms with Gasteiger partial charge in [-0.2, -0.15) is 4.21 Å². The van der Waals surface area contributed by atoms with Crippen molar-refractivity contribution in [3.05, 3.63) is 45.9 Å². The fourth-order valence-corrected chi connectivity index (χ4v) is 5.74. The summed E-state index contributed by atoms with van der Waals surface area (Å²) in [5.74, 6) is 1.64. The highest BCUT2D eigenvalue weighted by Crippen LogP contribution is 2.33. The number of piperidine rings is 1. The molecule has 2 aliphatic heterocycles. The number of rotatable bonds is 6. The summed E-state index contributed by atoms with van der Waals surface area (Å²) in [5, 5.41) is 3.38. The minimum atomic E-state index is -1.58. The molecule has 0 radical (unpaired) electrons. The molecule has 6 nitrogen and oxygen atoms in total. The summed E-state index contributed by atoms with van der Waals surface area (Å²) in [4.78, 5) is 7.43. The van der Waals surface area contributed by atoms with E-state index in [1.54, 1.807) is 11.3 Å². The molecule has 2 aromatic rings. The molecule has 0 N–H and O–H groups in total. The number of likely N-dealkylation sites (tertiary alicyclic amines) is 1. The highest BCUT2D eigenvalue weighted by molar-refractivity contribution is 7.75. The number of nitrogens with zero attached hydrogens (tertiary/aromatic N) is 2. The molecule has 0 aliphatic carbocycles. The van der Waals surface area contributed by atoms with Crippen molar-refractivity contribution in [1.82, 2.24) is 9.88 Å². The Morgan fingerprint density at radius 2 is 1.84 bits per heavy atom. The molecule has 1 aromatic carbocycles. The van der Waals surface area contributed by atoms with Gasteiger partial charge in [0.2, 0.25) is 0 Å². The zero-order valence-electron chi connectivity index (χ0n) is 18.5. The number of ether oxygens (including phenoxy) is 1. The molecule has 0 spiro atoms. The molecule has 170 valence electrons. The first-order valence-corrected chi connectivity index (χ1v) is 12.8. The van der Waals surface area contributed by atoms with Gasteiger partial charge in [0, 0.05) is 22.8 Å². The molecule has 0 unspecified atom stereocenters. The predicted molar refractivity (Wildman–Crippen MR) is 123 cm³/mol. The van der Waals surface area contributed by atoms with Crippen LogP contribution in [0.25, 0.3) is 0 Å². The zero-order valence-corrected chi connectivity index (χ0v) is 20.2. The highest BCUT2D eigenvalue weighted by atomic mass is 32.2. The topological polar surface area (TPSA) is 60.9 Å². The molecule has 0 bridgehead atoms. The third-order valence-electron chi connectivity index (χ3n) is 6.00. The van der Waals surface area contributed by atoms with Gasteiger partial charge in [-0.25, -0.2) is 4.98 Å². The Hall–Kier alpha value is -1.32. The normalized spacial score (nSPS) is 23.7. The molecular formula is C23H32N2O4S2. The summed E-state index contributed by atoms with van der Waals surface area (Å²) in [6.45, 7) is 10.6. The monoisotopic (exact) mass is 464 g/mol. The average Bonchev–Trinajstić information content (AvgIpc) is 3.23. The molecule has 31 heavy (non-hydrogen) atoms. The van der Waals surface area contributed by atoms with E-state index < -0.39 is 11.4 Å². The number of aromatic nitrogens is 1. The van der Waals surface area contributed by atoms with E-state index in [9.17, 15) is 4.21 Å². The second kappa shape index (κ2) is 10.1. The van der Waals surface area contributed by atoms with Crippen LogP contribution in [-0.4, -0.2) is 45.9 Å². The van der Waals surface area contributed by atoms with Crippen LogP contribution in [0.15, 0.2) is 29.6 Å². The smallest absolute Gasteiger partial charge is 0.304 e. The molecule has 8 heteroatoms. The van der Waals surface area contributed by atoms with Gasteiger partial charge in [0.05, 0.1) is 23.9 Å². The van der Waals surface area contributed by atoms with Crippen LogP contribution >= 0.6 is 11.3 Å². The van der Waals surface area contributed by atoms with Crippen LogP contribution in [0.2, 0.25) is 0 Å². The van der Waals surface area contributed by atoms with Gasteiger partial charge in [-0.05, 0) is 70.8 Å². The van der Waals surface area contributed by atoms with E-state index in [0.717, 1.165) is 31.0 Å². The Labute approximate surface area is 191 Å². The van der Waals surface area contributed by atoms with Crippen LogP contribution in [0, 0.1) is 5.92 Å². The van der Waals surface area contributed by atoms with Crippen molar-refractivity contribution >= 4 is 22.7 Å². The third kappa shape index (κ3) is 6.35. The van der Waals surface area contributed by atoms with E-state index >= 15 is 0 Å². The van der Waals surface area contributed by atoms with Crippen LogP contribution < -0.4 is 4.74 Å². The van der Waals surface area contributed by atoms with Gasteiger partial charge in [0.1, 0.15) is 12.4 Å². The van der Waals surface area contributed by atoms with Crippen LogP contribution in [0.3, 0.4) is 0 Å². The Kier molecular flexibility index (Phi) is 7.44. The summed E-state index contributed by atoms with van der Waals surface area (Å²) in [5.41, 5.74) is 2.45. The number of hydrogen-bond donors (Lipinski definition) is 0. The molecule has 4 rings (SSSR count). The standard InChI is InChI=1S/C23H32N2O4S2/c1-23(2,3)25-10-8-19(9-11-25)22-24-20(16-30-22)15-27-21-6-4-17(5-7-21)12-18-13-28-31(26)29-14-18/h4-7,16,18-19H,8-15H2,1-3H3. The van der Waals surface area contributed by atoms with Gasteiger partial charge >= 0.3 is 11.4 Å². The maximum atomic E-state index is 11.1. The van der Waals surface area contributed by atoms with E-state index in [1.165, 1.54) is 23.4 Å². The first kappa shape index (κ1) is 22.9. The van der Waals surface area contributed by atoms with Gasteiger partial charge in [-0.15, -0.1) is 11.3 Å². The quantitative estimate of drug-likeness (QED) is 0.628. The van der Waals surface area contributed by atoms with Crippen LogP contribution in [-0.2, 0) is 32.8 Å². The maximum absolute atomic E-state index is 11.1. The molecule has 0 saturated carbocycles. The number of thiazole rings is 1. The summed E-state index contributed by atoms with van der Waals surface area (Å²) >= 11 is 0.191. The first-order valence-electron chi connectivity index (χ1n) is 11.0. The Bertz CT molecular complexity index is 860. The molecule has 2 aliphatic rings. The molecule has 1 aromatic heterocycles. The molecule has 0 amide bonds. The molecular weight excluding hydrogens is 432 g/mol. The fraction of sp³-hybridized carbons (Fsp3) is 0.609. The van der Waals surface area contributed by atoms with E-state index in [4.69, 9.17) is 18.1 Å². The summed E-state index contributed by atoms with van der Waals surface area (Å²) < 4.78 is 27.2. The number of benzene rings is 1. The van der Waals surface area contributed by atoms with Gasteiger partial charge < -0.3 is 4.74 Å². The van der Waals surface area contributed by atoms with Crippen molar-refractivity contribution in [2.75, 3.05) is 26.3 Å². The molecule has 0 atom stereocenters. The predicted octanol–water partition coefficient (Wildman–Crippen LogP) is 4.48. The lowest BCUT2D eigenvalue weighted by Gasteiger charge is -2.40. The van der Waals surface area contributed by atoms with Gasteiger partial charge in [-0.1, -0.05) is 12.1 Å². The lowest BCUT2D eigenvalue weighted by Crippen LogP contribution is -2.45. The SMILES string of the molecule is CC(C)(C)N1CCC(c2nc(COc3ccc(CC4COS(=O)OC4)cc3)cs2)CC1. The van der Waals surface area contributed by atoms with Crippen molar-refractivity contribution in [2.24, 2.45) is 5.92 Å². The van der Waals surface area contributed by atoms with Crippen LogP contribution in [0.5, 0.6) is 5.75 Å². The van der Waals surface area contributed by atoms with E-state index in [0.29, 0.717) is 25.7 Å². The van der Waals surface area contributed by atoms with E-state index in [-0.39, 0.29) is 11.5 Å². The average molecular weight is 465 g/mol. The second-order valence-electron chi connectivity index (χ2n) is 9.39. The van der Waals surface area contributed by atoms with Gasteiger partial charge in [0.15, 0.2) is 0 Å². The van der Waals surface area contributed by atoms with Crippen molar-refractivity contribution in [1.29, 1.82) is 0 Å². The van der Waals surface area contributed by atoms with Crippen molar-refractivity contribution in [3.63, 3.8) is 0 Å². The minimum absolute atomic E-state index is 0.230. The summed E-state index contributed by atoms with van der Waals surface area (Å²) in [7, 11) is 0. The third-order valence-corrected chi connectivity index (χ3v) is 7.71. The van der Waals surface area contributed by atoms with Gasteiger partial charge in [0.25, 0.3) is 0 Å². The Morgan fingerprint density at radius 3 is 2.48 bits per heavy atom. The summed E-state index contributed by atoms with van der Waals surface area (Å²) in [6.07, 6.45) is 3.19. The van der Waals surface area contributed by atoms with Crippen LogP contribution in [0.1, 0.15) is 55.8 Å². The van der Waals surface area contributed by atoms with Crippen molar-refractivity contribution in [3.8, 4) is 5.75 Å². The molecule has 2 fully saturated rings. The number of hydrogen-bond acceptors (Lipinski definition) is 7. The van der Waals surface area contributed by atoms with Gasteiger partial charge in [-0.3, -0.25) is 13.3 Å². The Balaban J connectivity index is 1.24. The summed E-state index contributed by atoms with van der Waals surface area (Å²) in [6, 6.07) is 8.12. The van der Waals surface area contributed by atoms with E-state index in [1.807, 2.05) is 12.1 Å². The molecule has 2 saturated heterocycles. The van der Waals surface area contributed by atoms with E-state index in [2.05, 4.69) is 43.2 Å². The maximum Gasteiger partial charge on any atom is 0.304 e. The largest absolute Gasteiger partial charge is 0.487 e. The minimum Gasteiger partial charge on any atom is -0.487 e. The van der Waals surface area contributed by atoms with Crippen LogP contribution in [0.4, 0.5) is 0 Å². The lowest BCUT2D eigenvalue weighted by molar-refractivity contribution is 0.102. The first-order chi connectivity index (χ1) is 14.9. The molecule has 3 heterocycles. The lowest BCUT2D eigenvalue weighted by atomic mass is 9.93.